The zero-order valence-electron chi connectivity index (χ0n) is 19.8. The molecule has 0 radical (unpaired) electrons. The van der Waals surface area contributed by atoms with E-state index in [1.807, 2.05) is 12.1 Å². The number of nitrogens with zero attached hydrogens (tertiary/aromatic N) is 2. The molecule has 0 amide bonds. The predicted octanol–water partition coefficient (Wildman–Crippen LogP) is 3.04. The molecule has 0 atom stereocenters. The van der Waals surface area contributed by atoms with Crippen molar-refractivity contribution in [3.63, 3.8) is 0 Å². The second-order valence-corrected chi connectivity index (χ2v) is 8.15. The lowest BCUT2D eigenvalue weighted by molar-refractivity contribution is -0.159. The summed E-state index contributed by atoms with van der Waals surface area (Å²) in [7, 11) is 3.12. The normalized spacial score (nSPS) is 14.1. The third-order valence-electron chi connectivity index (χ3n) is 5.87. The zero-order valence-corrected chi connectivity index (χ0v) is 19.8. The van der Waals surface area contributed by atoms with Gasteiger partial charge < -0.3 is 24.8 Å². The third kappa shape index (κ3) is 6.84. The molecule has 1 saturated heterocycles. The average Bonchev–Trinajstić information content (AvgIpc) is 2.86. The lowest BCUT2D eigenvalue weighted by Crippen LogP contribution is -2.45. The molecule has 35 heavy (non-hydrogen) atoms. The number of hydrogen-bond donors (Lipinski definition) is 3. The lowest BCUT2D eigenvalue weighted by Gasteiger charge is -2.35. The molecule has 3 N–H and O–H groups in total. The molecule has 0 aliphatic carbocycles. The highest BCUT2D eigenvalue weighted by Gasteiger charge is 2.19. The van der Waals surface area contributed by atoms with Gasteiger partial charge in [-0.05, 0) is 34.0 Å². The molecule has 0 spiro atoms. The molecule has 3 aromatic rings. The van der Waals surface area contributed by atoms with Crippen molar-refractivity contribution in [2.24, 2.45) is 0 Å². The Morgan fingerprint density at radius 1 is 0.800 bits per heavy atom. The van der Waals surface area contributed by atoms with Crippen molar-refractivity contribution in [3.8, 4) is 17.2 Å². The van der Waals surface area contributed by atoms with E-state index in [0.717, 1.165) is 44.8 Å². The molecule has 1 aliphatic heterocycles. The first kappa shape index (κ1) is 25.8. The van der Waals surface area contributed by atoms with Crippen LogP contribution in [0.4, 0.5) is 0 Å². The molecule has 9 heteroatoms. The van der Waals surface area contributed by atoms with E-state index in [2.05, 4.69) is 52.3 Å². The van der Waals surface area contributed by atoms with Crippen LogP contribution < -0.4 is 9.47 Å². The summed E-state index contributed by atoms with van der Waals surface area (Å²) in [4.78, 5) is 23.2. The highest BCUT2D eigenvalue weighted by Crippen LogP contribution is 2.37. The number of piperazine rings is 1. The number of carboxylic acids is 2. The SMILES string of the molecule is COc1cc(CN2CCN(Cc3cccc4ccccc34)CC2)cc(OC)c1O.O=C(O)C(=O)O. The Morgan fingerprint density at radius 3 is 1.86 bits per heavy atom. The van der Waals surface area contributed by atoms with E-state index in [1.165, 1.54) is 16.3 Å². The van der Waals surface area contributed by atoms with Gasteiger partial charge in [0.05, 0.1) is 14.2 Å². The van der Waals surface area contributed by atoms with Crippen molar-refractivity contribution in [1.82, 2.24) is 9.80 Å². The van der Waals surface area contributed by atoms with E-state index in [1.54, 1.807) is 14.2 Å². The lowest BCUT2D eigenvalue weighted by atomic mass is 10.0. The van der Waals surface area contributed by atoms with Crippen LogP contribution in [-0.4, -0.2) is 77.5 Å². The van der Waals surface area contributed by atoms with Gasteiger partial charge in [0.2, 0.25) is 5.75 Å². The van der Waals surface area contributed by atoms with Gasteiger partial charge in [0, 0.05) is 39.3 Å². The monoisotopic (exact) mass is 482 g/mol. The maximum Gasteiger partial charge on any atom is 0.414 e. The fourth-order valence-corrected chi connectivity index (χ4v) is 4.07. The quantitative estimate of drug-likeness (QED) is 0.455. The first-order chi connectivity index (χ1) is 16.8. The van der Waals surface area contributed by atoms with E-state index < -0.39 is 11.9 Å². The minimum Gasteiger partial charge on any atom is -0.502 e. The summed E-state index contributed by atoms with van der Waals surface area (Å²) in [6.45, 7) is 5.89. The van der Waals surface area contributed by atoms with E-state index in [-0.39, 0.29) is 5.75 Å². The van der Waals surface area contributed by atoms with Gasteiger partial charge in [-0.3, -0.25) is 9.80 Å². The molecule has 0 aromatic heterocycles. The van der Waals surface area contributed by atoms with E-state index in [4.69, 9.17) is 29.3 Å². The van der Waals surface area contributed by atoms with Crippen molar-refractivity contribution in [2.45, 2.75) is 13.1 Å². The summed E-state index contributed by atoms with van der Waals surface area (Å²) in [5.41, 5.74) is 2.48. The highest BCUT2D eigenvalue weighted by molar-refractivity contribution is 6.27. The van der Waals surface area contributed by atoms with E-state index in [9.17, 15) is 5.11 Å². The molecule has 3 aromatic carbocycles. The van der Waals surface area contributed by atoms with E-state index in [0.29, 0.717) is 11.5 Å². The van der Waals surface area contributed by atoms with Crippen molar-refractivity contribution in [3.05, 3.63) is 65.7 Å². The van der Waals surface area contributed by atoms with Crippen molar-refractivity contribution >= 4 is 22.7 Å². The summed E-state index contributed by atoms with van der Waals surface area (Å²) in [5.74, 6) is -2.69. The molecule has 0 saturated carbocycles. The number of rotatable bonds is 6. The van der Waals surface area contributed by atoms with Crippen LogP contribution in [0.1, 0.15) is 11.1 Å². The average molecular weight is 483 g/mol. The van der Waals surface area contributed by atoms with Gasteiger partial charge in [0.25, 0.3) is 0 Å². The highest BCUT2D eigenvalue weighted by atomic mass is 16.5. The first-order valence-corrected chi connectivity index (χ1v) is 11.1. The number of carboxylic acid groups (broad SMARTS) is 2. The van der Waals surface area contributed by atoms with Crippen LogP contribution in [0.25, 0.3) is 10.8 Å². The summed E-state index contributed by atoms with van der Waals surface area (Å²) < 4.78 is 10.6. The maximum absolute atomic E-state index is 10.1. The third-order valence-corrected chi connectivity index (χ3v) is 5.87. The minimum atomic E-state index is -1.82. The molecule has 0 bridgehead atoms. The molecule has 4 rings (SSSR count). The number of hydrogen-bond acceptors (Lipinski definition) is 7. The van der Waals surface area contributed by atoms with Crippen molar-refractivity contribution < 1.29 is 34.4 Å². The molecule has 186 valence electrons. The second kappa shape index (κ2) is 12.0. The largest absolute Gasteiger partial charge is 0.502 e. The van der Waals surface area contributed by atoms with Crippen molar-refractivity contribution in [1.29, 1.82) is 0 Å². The number of phenols is 1. The summed E-state index contributed by atoms with van der Waals surface area (Å²) in [6, 6.07) is 19.0. The summed E-state index contributed by atoms with van der Waals surface area (Å²) >= 11 is 0. The van der Waals surface area contributed by atoms with Gasteiger partial charge in [-0.15, -0.1) is 0 Å². The van der Waals surface area contributed by atoms with Crippen LogP contribution in [0.3, 0.4) is 0 Å². The Balaban J connectivity index is 0.000000509. The van der Waals surface area contributed by atoms with Gasteiger partial charge in [-0.1, -0.05) is 42.5 Å². The Labute approximate surface area is 203 Å². The zero-order chi connectivity index (χ0) is 25.4. The van der Waals surface area contributed by atoms with Crippen LogP contribution in [0, 0.1) is 0 Å². The van der Waals surface area contributed by atoms with Gasteiger partial charge in [0.15, 0.2) is 11.5 Å². The van der Waals surface area contributed by atoms with Crippen LogP contribution >= 0.6 is 0 Å². The molecule has 9 nitrogen and oxygen atoms in total. The Hall–Kier alpha value is -3.82. The topological polar surface area (TPSA) is 120 Å². The van der Waals surface area contributed by atoms with E-state index >= 15 is 0 Å². The number of carbonyl (C=O) groups is 2. The van der Waals surface area contributed by atoms with Gasteiger partial charge in [-0.2, -0.15) is 0 Å². The van der Waals surface area contributed by atoms with Gasteiger partial charge >= 0.3 is 11.9 Å². The van der Waals surface area contributed by atoms with Gasteiger partial charge in [0.1, 0.15) is 0 Å². The van der Waals surface area contributed by atoms with Crippen LogP contribution in [0.5, 0.6) is 17.2 Å². The second-order valence-electron chi connectivity index (χ2n) is 8.15. The van der Waals surface area contributed by atoms with Crippen molar-refractivity contribution in [2.75, 3.05) is 40.4 Å². The van der Waals surface area contributed by atoms with Crippen LogP contribution in [-0.2, 0) is 22.7 Å². The van der Waals surface area contributed by atoms with Gasteiger partial charge in [-0.25, -0.2) is 9.59 Å². The first-order valence-electron chi connectivity index (χ1n) is 11.1. The maximum atomic E-state index is 10.1. The molecule has 1 fully saturated rings. The van der Waals surface area contributed by atoms with Crippen LogP contribution in [0.15, 0.2) is 54.6 Å². The Bertz CT molecular complexity index is 1130. The summed E-state index contributed by atoms with van der Waals surface area (Å²) in [6.07, 6.45) is 0. The number of fused-ring (bicyclic) bond motifs is 1. The number of aliphatic carboxylic acids is 2. The molecule has 0 unspecified atom stereocenters. The smallest absolute Gasteiger partial charge is 0.414 e. The Kier molecular flexibility index (Phi) is 8.88. The minimum absolute atomic E-state index is 0.0543. The molecule has 1 heterocycles. The number of benzene rings is 3. The number of phenolic OH excluding ortho intramolecular Hbond substituents is 1. The molecular weight excluding hydrogens is 452 g/mol. The summed E-state index contributed by atoms with van der Waals surface area (Å²) in [5, 5.41) is 27.5. The molecule has 1 aliphatic rings. The number of methoxy groups -OCH3 is 2. The fraction of sp³-hybridized carbons (Fsp3) is 0.308. The van der Waals surface area contributed by atoms with Crippen LogP contribution in [0.2, 0.25) is 0 Å². The number of aromatic hydroxyl groups is 1. The standard InChI is InChI=1S/C24H28N2O3.C2H2O4/c1-28-22-14-18(15-23(29-2)24(22)27)16-25-10-12-26(13-11-25)17-20-8-5-7-19-6-3-4-9-21(19)20;3-1(4)2(5)6/h3-9,14-15,27H,10-13,16-17H2,1-2H3;(H,3,4)(H,5,6). The molecular formula is C26H30N2O7. The fourth-order valence-electron chi connectivity index (χ4n) is 4.07. The Morgan fingerprint density at radius 2 is 1.31 bits per heavy atom. The predicted molar refractivity (Wildman–Crippen MR) is 131 cm³/mol. The number of ether oxygens (including phenoxy) is 2.